The first-order valence-electron chi connectivity index (χ1n) is 4.66. The lowest BCUT2D eigenvalue weighted by molar-refractivity contribution is 0.313. The molecule has 0 fully saturated rings. The Balaban J connectivity index is 2.69. The smallest absolute Gasteiger partial charge is 0.105 e. The van der Waals surface area contributed by atoms with Crippen LogP contribution < -0.4 is 5.73 Å². The second-order valence-corrected chi connectivity index (χ2v) is 5.40. The van der Waals surface area contributed by atoms with Crippen molar-refractivity contribution in [3.8, 4) is 6.07 Å². The quantitative estimate of drug-likeness (QED) is 0.700. The molecular weight excluding hydrogens is 226 g/mol. The Hall–Kier alpha value is -0.960. The molecule has 5 heteroatoms. The molecule has 2 N–H and O–H groups in total. The molecule has 0 bridgehead atoms. The van der Waals surface area contributed by atoms with Crippen LogP contribution in [-0.4, -0.2) is 18.5 Å². The third-order valence-corrected chi connectivity index (χ3v) is 4.00. The van der Waals surface area contributed by atoms with Crippen molar-refractivity contribution in [1.29, 1.82) is 5.26 Å². The van der Waals surface area contributed by atoms with Gasteiger partial charge >= 0.3 is 0 Å². The van der Waals surface area contributed by atoms with E-state index in [1.807, 2.05) is 0 Å². The van der Waals surface area contributed by atoms with Crippen molar-refractivity contribution in [2.75, 3.05) is 19.3 Å². The number of anilines is 1. The highest BCUT2D eigenvalue weighted by molar-refractivity contribution is 7.73. The van der Waals surface area contributed by atoms with Crippen molar-refractivity contribution in [1.82, 2.24) is 4.90 Å². The van der Waals surface area contributed by atoms with Crippen LogP contribution in [0.25, 0.3) is 0 Å². The third-order valence-electron chi connectivity index (χ3n) is 2.64. The van der Waals surface area contributed by atoms with E-state index in [1.165, 1.54) is 11.3 Å². The molecule has 0 aromatic carbocycles. The SMILES string of the molecule is CN1CCc2c(C#N)c(N)sc(=S)c2C1. The summed E-state index contributed by atoms with van der Waals surface area (Å²) in [4.78, 5) is 2.21. The third kappa shape index (κ3) is 1.76. The molecule has 1 aliphatic heterocycles. The Morgan fingerprint density at radius 3 is 2.93 bits per heavy atom. The van der Waals surface area contributed by atoms with E-state index in [-0.39, 0.29) is 0 Å². The average Bonchev–Trinajstić information content (AvgIpc) is 2.19. The molecule has 15 heavy (non-hydrogen) atoms. The molecule has 1 aromatic heterocycles. The lowest BCUT2D eigenvalue weighted by Gasteiger charge is -2.25. The monoisotopic (exact) mass is 237 g/mol. The van der Waals surface area contributed by atoms with Gasteiger partial charge in [-0.3, -0.25) is 0 Å². The van der Waals surface area contributed by atoms with Crippen molar-refractivity contribution >= 4 is 28.6 Å². The maximum absolute atomic E-state index is 9.06. The second kappa shape index (κ2) is 3.89. The lowest BCUT2D eigenvalue weighted by Crippen LogP contribution is -2.27. The summed E-state index contributed by atoms with van der Waals surface area (Å²) in [6.45, 7) is 1.80. The van der Waals surface area contributed by atoms with Crippen LogP contribution >= 0.6 is 23.6 Å². The number of hydrogen-bond acceptors (Lipinski definition) is 5. The first-order valence-corrected chi connectivity index (χ1v) is 5.89. The fourth-order valence-corrected chi connectivity index (χ4v) is 3.08. The van der Waals surface area contributed by atoms with Gasteiger partial charge in [0, 0.05) is 13.1 Å². The summed E-state index contributed by atoms with van der Waals surface area (Å²) in [6, 6.07) is 2.19. The molecule has 0 spiro atoms. The number of rotatable bonds is 0. The van der Waals surface area contributed by atoms with Gasteiger partial charge in [0.15, 0.2) is 0 Å². The van der Waals surface area contributed by atoms with Crippen LogP contribution in [0.15, 0.2) is 0 Å². The number of nitriles is 1. The number of nitrogens with zero attached hydrogens (tertiary/aromatic N) is 2. The van der Waals surface area contributed by atoms with Crippen LogP contribution in [0, 0.1) is 15.2 Å². The second-order valence-electron chi connectivity index (χ2n) is 3.69. The van der Waals surface area contributed by atoms with E-state index in [0.29, 0.717) is 10.6 Å². The highest BCUT2D eigenvalue weighted by atomic mass is 32.1. The highest BCUT2D eigenvalue weighted by Crippen LogP contribution is 2.30. The van der Waals surface area contributed by atoms with Crippen molar-refractivity contribution < 1.29 is 0 Å². The number of nitrogen functional groups attached to an aromatic ring is 1. The van der Waals surface area contributed by atoms with E-state index in [1.54, 1.807) is 0 Å². The van der Waals surface area contributed by atoms with Gasteiger partial charge in [-0.15, -0.1) is 11.3 Å². The first-order chi connectivity index (χ1) is 7.13. The number of likely N-dealkylation sites (N-methyl/N-ethyl adjacent to an activating group) is 1. The van der Waals surface area contributed by atoms with Gasteiger partial charge in [0.05, 0.1) is 9.39 Å². The van der Waals surface area contributed by atoms with Crippen LogP contribution in [-0.2, 0) is 13.0 Å². The van der Waals surface area contributed by atoms with Crippen molar-refractivity contribution in [2.45, 2.75) is 13.0 Å². The first kappa shape index (κ1) is 10.6. The fourth-order valence-electron chi connectivity index (χ4n) is 1.85. The maximum atomic E-state index is 9.06. The van der Waals surface area contributed by atoms with Gasteiger partial charge in [-0.05, 0) is 24.6 Å². The predicted octanol–water partition coefficient (Wildman–Crippen LogP) is 1.92. The lowest BCUT2D eigenvalue weighted by atomic mass is 9.99. The van der Waals surface area contributed by atoms with Crippen LogP contribution in [0.5, 0.6) is 0 Å². The summed E-state index contributed by atoms with van der Waals surface area (Å²) in [5.74, 6) is 0. The van der Waals surface area contributed by atoms with E-state index >= 15 is 0 Å². The largest absolute Gasteiger partial charge is 0.389 e. The summed E-state index contributed by atoms with van der Waals surface area (Å²) in [5, 5.41) is 9.62. The predicted molar refractivity (Wildman–Crippen MR) is 64.3 cm³/mol. The Morgan fingerprint density at radius 2 is 2.27 bits per heavy atom. The van der Waals surface area contributed by atoms with Crippen molar-refractivity contribution in [3.63, 3.8) is 0 Å². The van der Waals surface area contributed by atoms with Gasteiger partial charge in [0.2, 0.25) is 0 Å². The van der Waals surface area contributed by atoms with E-state index in [0.717, 1.165) is 34.5 Å². The summed E-state index contributed by atoms with van der Waals surface area (Å²) < 4.78 is 0.827. The normalized spacial score (nSPS) is 15.7. The standard InChI is InChI=1S/C10H11N3S2/c1-13-3-2-6-7(4-11)9(12)15-10(14)8(6)5-13/h2-3,5,12H2,1H3. The zero-order valence-corrected chi connectivity index (χ0v) is 10.0. The minimum Gasteiger partial charge on any atom is -0.389 e. The minimum absolute atomic E-state index is 0.561. The maximum Gasteiger partial charge on any atom is 0.105 e. The molecule has 0 atom stereocenters. The molecule has 0 amide bonds. The zero-order chi connectivity index (χ0) is 11.0. The molecule has 2 heterocycles. The topological polar surface area (TPSA) is 53.0 Å². The minimum atomic E-state index is 0.561. The van der Waals surface area contributed by atoms with E-state index in [4.69, 9.17) is 23.2 Å². The summed E-state index contributed by atoms with van der Waals surface area (Å²) in [7, 11) is 2.06. The van der Waals surface area contributed by atoms with Crippen LogP contribution in [0.1, 0.15) is 16.7 Å². The van der Waals surface area contributed by atoms with Gasteiger partial charge in [-0.1, -0.05) is 12.2 Å². The van der Waals surface area contributed by atoms with E-state index in [2.05, 4.69) is 18.0 Å². The highest BCUT2D eigenvalue weighted by Gasteiger charge is 2.20. The Morgan fingerprint density at radius 1 is 1.53 bits per heavy atom. The van der Waals surface area contributed by atoms with Gasteiger partial charge in [-0.2, -0.15) is 5.26 Å². The molecule has 1 aliphatic rings. The molecule has 1 aromatic rings. The van der Waals surface area contributed by atoms with Gasteiger partial charge in [0.25, 0.3) is 0 Å². The van der Waals surface area contributed by atoms with Crippen molar-refractivity contribution in [3.05, 3.63) is 20.5 Å². The van der Waals surface area contributed by atoms with Crippen LogP contribution in [0.3, 0.4) is 0 Å². The Bertz CT molecular complexity index is 499. The summed E-state index contributed by atoms with van der Waals surface area (Å²) >= 11 is 6.63. The summed E-state index contributed by atoms with van der Waals surface area (Å²) in [6.07, 6.45) is 0.871. The van der Waals surface area contributed by atoms with Gasteiger partial charge in [-0.25, -0.2) is 0 Å². The molecule has 0 saturated carbocycles. The van der Waals surface area contributed by atoms with Crippen LogP contribution in [0.4, 0.5) is 5.00 Å². The van der Waals surface area contributed by atoms with Crippen LogP contribution in [0.2, 0.25) is 0 Å². The molecule has 2 rings (SSSR count). The molecule has 78 valence electrons. The van der Waals surface area contributed by atoms with E-state index < -0.39 is 0 Å². The van der Waals surface area contributed by atoms with E-state index in [9.17, 15) is 0 Å². The molecule has 3 nitrogen and oxygen atoms in total. The average molecular weight is 237 g/mol. The van der Waals surface area contributed by atoms with Gasteiger partial charge in [0.1, 0.15) is 11.1 Å². The van der Waals surface area contributed by atoms with Gasteiger partial charge < -0.3 is 10.6 Å². The molecule has 0 saturated heterocycles. The number of hydrogen-bond donors (Lipinski definition) is 1. The molecule has 0 unspecified atom stereocenters. The number of nitrogens with two attached hydrogens (primary N) is 1. The zero-order valence-electron chi connectivity index (χ0n) is 8.41. The molecule has 0 aliphatic carbocycles. The Kier molecular flexibility index (Phi) is 2.74. The molecule has 0 radical (unpaired) electrons. The molecular formula is C10H11N3S2. The number of fused-ring (bicyclic) bond motifs is 1. The Labute approximate surface area is 97.8 Å². The summed E-state index contributed by atoms with van der Waals surface area (Å²) in [5.41, 5.74) is 8.63. The van der Waals surface area contributed by atoms with Crippen molar-refractivity contribution in [2.24, 2.45) is 0 Å². The fraction of sp³-hybridized carbons (Fsp3) is 0.400.